The molecule has 0 spiro atoms. The minimum Gasteiger partial charge on any atom is -0.368 e. The van der Waals surface area contributed by atoms with Crippen LogP contribution in [0, 0.1) is 6.92 Å². The molecule has 11 heteroatoms. The minimum absolute atomic E-state index is 0.205. The zero-order chi connectivity index (χ0) is 22.4. The van der Waals surface area contributed by atoms with Crippen molar-refractivity contribution in [2.75, 3.05) is 50.0 Å². The van der Waals surface area contributed by atoms with Crippen molar-refractivity contribution < 1.29 is 9.59 Å². The SMILES string of the molecule is CCNC(=O)Nc1cc(CN2CCN(c3ccc(C(=O)NC)nc3C)CC2)c(=O)[nH]n1. The van der Waals surface area contributed by atoms with Crippen LogP contribution in [0.2, 0.25) is 0 Å². The molecule has 0 atom stereocenters. The van der Waals surface area contributed by atoms with E-state index in [0.717, 1.165) is 37.6 Å². The van der Waals surface area contributed by atoms with Crippen LogP contribution in [0.5, 0.6) is 0 Å². The van der Waals surface area contributed by atoms with Crippen LogP contribution in [-0.4, -0.2) is 71.8 Å². The van der Waals surface area contributed by atoms with E-state index >= 15 is 0 Å². The maximum Gasteiger partial charge on any atom is 0.320 e. The minimum atomic E-state index is -0.368. The predicted molar refractivity (Wildman–Crippen MR) is 117 cm³/mol. The predicted octanol–water partition coefficient (Wildman–Crippen LogP) is 0.297. The molecule has 1 fully saturated rings. The van der Waals surface area contributed by atoms with Crippen LogP contribution >= 0.6 is 0 Å². The number of H-pyrrole nitrogens is 1. The molecule has 31 heavy (non-hydrogen) atoms. The number of aryl methyl sites for hydroxylation is 1. The van der Waals surface area contributed by atoms with Crippen molar-refractivity contribution in [2.24, 2.45) is 0 Å². The fourth-order valence-corrected chi connectivity index (χ4v) is 3.48. The summed E-state index contributed by atoms with van der Waals surface area (Å²) in [5.41, 5.74) is 2.48. The standard InChI is InChI=1S/C20H28N8O3/c1-4-22-20(31)24-17-11-14(18(29)26-25-17)12-27-7-9-28(10-8-27)16-6-5-15(19(30)21-3)23-13(16)2/h5-6,11H,4,7-10,12H2,1-3H3,(H,21,30)(H,26,29)(H2,22,24,25,31). The number of hydrogen-bond acceptors (Lipinski definition) is 7. The number of nitrogens with one attached hydrogen (secondary N) is 4. The van der Waals surface area contributed by atoms with Crippen LogP contribution in [-0.2, 0) is 6.54 Å². The number of nitrogens with zero attached hydrogens (tertiary/aromatic N) is 4. The Labute approximate surface area is 180 Å². The summed E-state index contributed by atoms with van der Waals surface area (Å²) in [5.74, 6) is 0.0974. The van der Waals surface area contributed by atoms with Gasteiger partial charge in [-0.25, -0.2) is 14.9 Å². The van der Waals surface area contributed by atoms with Gasteiger partial charge in [-0.3, -0.25) is 19.8 Å². The van der Waals surface area contributed by atoms with Crippen LogP contribution in [0.25, 0.3) is 0 Å². The highest BCUT2D eigenvalue weighted by molar-refractivity contribution is 5.92. The molecular weight excluding hydrogens is 400 g/mol. The molecule has 1 aliphatic rings. The lowest BCUT2D eigenvalue weighted by atomic mass is 10.2. The van der Waals surface area contributed by atoms with Gasteiger partial charge >= 0.3 is 6.03 Å². The molecule has 0 bridgehead atoms. The molecule has 4 N–H and O–H groups in total. The summed E-state index contributed by atoms with van der Waals surface area (Å²) in [6.07, 6.45) is 0. The molecule has 3 rings (SSSR count). The summed E-state index contributed by atoms with van der Waals surface area (Å²) >= 11 is 0. The molecule has 11 nitrogen and oxygen atoms in total. The van der Waals surface area contributed by atoms with Crippen molar-refractivity contribution in [3.63, 3.8) is 0 Å². The molecule has 2 aromatic heterocycles. The maximum atomic E-state index is 12.2. The van der Waals surface area contributed by atoms with Gasteiger partial charge in [-0.15, -0.1) is 0 Å². The van der Waals surface area contributed by atoms with Gasteiger partial charge in [0.25, 0.3) is 11.5 Å². The second-order valence-electron chi connectivity index (χ2n) is 7.24. The molecule has 3 amide bonds. The Bertz CT molecular complexity index is 998. The fraction of sp³-hybridized carbons (Fsp3) is 0.450. The third-order valence-electron chi connectivity index (χ3n) is 5.08. The number of carbonyl (C=O) groups excluding carboxylic acids is 2. The normalized spacial score (nSPS) is 14.2. The number of aromatic amines is 1. The summed E-state index contributed by atoms with van der Waals surface area (Å²) in [4.78, 5) is 44.4. The van der Waals surface area contributed by atoms with Crippen LogP contribution in [0.3, 0.4) is 0 Å². The summed E-state index contributed by atoms with van der Waals surface area (Å²) in [7, 11) is 1.58. The molecule has 2 aromatic rings. The quantitative estimate of drug-likeness (QED) is 0.519. The van der Waals surface area contributed by atoms with Crippen LogP contribution in [0.4, 0.5) is 16.3 Å². The molecule has 0 radical (unpaired) electrons. The van der Waals surface area contributed by atoms with E-state index in [0.29, 0.717) is 30.2 Å². The second-order valence-corrected chi connectivity index (χ2v) is 7.24. The first-order valence-corrected chi connectivity index (χ1v) is 10.2. The third kappa shape index (κ3) is 5.57. The first-order valence-electron chi connectivity index (χ1n) is 10.2. The molecule has 0 aliphatic carbocycles. The molecule has 0 aromatic carbocycles. The first-order chi connectivity index (χ1) is 14.9. The van der Waals surface area contributed by atoms with Crippen molar-refractivity contribution >= 4 is 23.4 Å². The lowest BCUT2D eigenvalue weighted by Gasteiger charge is -2.36. The lowest BCUT2D eigenvalue weighted by molar-refractivity contribution is 0.0958. The Morgan fingerprint density at radius 3 is 2.58 bits per heavy atom. The van der Waals surface area contributed by atoms with Gasteiger partial charge in [0.2, 0.25) is 0 Å². The van der Waals surface area contributed by atoms with Crippen molar-refractivity contribution in [1.82, 2.24) is 30.7 Å². The molecular formula is C20H28N8O3. The molecule has 166 valence electrons. The lowest BCUT2D eigenvalue weighted by Crippen LogP contribution is -2.46. The van der Waals surface area contributed by atoms with Gasteiger partial charge in [0.05, 0.1) is 11.4 Å². The van der Waals surface area contributed by atoms with E-state index in [1.807, 2.05) is 19.9 Å². The van der Waals surface area contributed by atoms with Gasteiger partial charge < -0.3 is 15.5 Å². The Morgan fingerprint density at radius 2 is 1.94 bits per heavy atom. The summed E-state index contributed by atoms with van der Waals surface area (Å²) in [5, 5.41) is 14.1. The highest BCUT2D eigenvalue weighted by Gasteiger charge is 2.21. The third-order valence-corrected chi connectivity index (χ3v) is 5.08. The van der Waals surface area contributed by atoms with E-state index in [2.05, 4.69) is 40.9 Å². The molecule has 0 saturated carbocycles. The number of urea groups is 1. The zero-order valence-electron chi connectivity index (χ0n) is 18.0. The topological polar surface area (TPSA) is 135 Å². The van der Waals surface area contributed by atoms with E-state index in [9.17, 15) is 14.4 Å². The first kappa shape index (κ1) is 22.2. The largest absolute Gasteiger partial charge is 0.368 e. The van der Waals surface area contributed by atoms with Crippen LogP contribution in [0.15, 0.2) is 23.0 Å². The van der Waals surface area contributed by atoms with E-state index in [-0.39, 0.29) is 17.5 Å². The molecule has 0 unspecified atom stereocenters. The van der Waals surface area contributed by atoms with E-state index in [1.165, 1.54) is 0 Å². The summed E-state index contributed by atoms with van der Waals surface area (Å²) < 4.78 is 0. The average molecular weight is 428 g/mol. The van der Waals surface area contributed by atoms with Gasteiger partial charge in [0, 0.05) is 51.9 Å². The van der Waals surface area contributed by atoms with Gasteiger partial charge in [0.15, 0.2) is 5.82 Å². The second kappa shape index (κ2) is 10.0. The van der Waals surface area contributed by atoms with Gasteiger partial charge in [-0.05, 0) is 32.0 Å². The van der Waals surface area contributed by atoms with Crippen molar-refractivity contribution in [3.05, 3.63) is 45.5 Å². The number of rotatable bonds is 6. The number of aromatic nitrogens is 3. The Kier molecular flexibility index (Phi) is 7.19. The maximum absolute atomic E-state index is 12.2. The molecule has 3 heterocycles. The van der Waals surface area contributed by atoms with E-state index < -0.39 is 0 Å². The molecule has 1 aliphatic heterocycles. The van der Waals surface area contributed by atoms with E-state index in [4.69, 9.17) is 0 Å². The smallest absolute Gasteiger partial charge is 0.320 e. The number of pyridine rings is 1. The van der Waals surface area contributed by atoms with Crippen molar-refractivity contribution in [2.45, 2.75) is 20.4 Å². The number of piperazine rings is 1. The van der Waals surface area contributed by atoms with Gasteiger partial charge in [0.1, 0.15) is 5.69 Å². The van der Waals surface area contributed by atoms with Gasteiger partial charge in [-0.2, -0.15) is 5.10 Å². The van der Waals surface area contributed by atoms with Crippen molar-refractivity contribution in [3.8, 4) is 0 Å². The van der Waals surface area contributed by atoms with Crippen LogP contribution in [0.1, 0.15) is 28.7 Å². The summed E-state index contributed by atoms with van der Waals surface area (Å²) in [6.45, 7) is 7.74. The number of carbonyl (C=O) groups is 2. The Morgan fingerprint density at radius 1 is 1.19 bits per heavy atom. The number of hydrogen-bond donors (Lipinski definition) is 4. The zero-order valence-corrected chi connectivity index (χ0v) is 18.0. The number of anilines is 2. The molecule has 1 saturated heterocycles. The Balaban J connectivity index is 1.61. The highest BCUT2D eigenvalue weighted by Crippen LogP contribution is 2.21. The average Bonchev–Trinajstić information content (AvgIpc) is 2.76. The monoisotopic (exact) mass is 428 g/mol. The van der Waals surface area contributed by atoms with Crippen LogP contribution < -0.4 is 26.4 Å². The fourth-order valence-electron chi connectivity index (χ4n) is 3.48. The van der Waals surface area contributed by atoms with Gasteiger partial charge in [-0.1, -0.05) is 0 Å². The van der Waals surface area contributed by atoms with E-state index in [1.54, 1.807) is 19.2 Å². The summed E-state index contributed by atoms with van der Waals surface area (Å²) in [6, 6.07) is 4.89. The number of amides is 3. The van der Waals surface area contributed by atoms with Crippen molar-refractivity contribution in [1.29, 1.82) is 0 Å². The highest BCUT2D eigenvalue weighted by atomic mass is 16.2. The Hall–Kier alpha value is -3.47.